The fourth-order valence-corrected chi connectivity index (χ4v) is 2.50. The third-order valence-corrected chi connectivity index (χ3v) is 4.32. The quantitative estimate of drug-likeness (QED) is 0.716. The van der Waals surface area contributed by atoms with Crippen molar-refractivity contribution in [3.05, 3.63) is 53.9 Å². The van der Waals surface area contributed by atoms with Crippen LogP contribution in [0.2, 0.25) is 0 Å². The Kier molecular flexibility index (Phi) is 6.21. The number of nitrogens with one attached hydrogen (secondary N) is 1. The molecule has 0 aliphatic carbocycles. The van der Waals surface area contributed by atoms with E-state index < -0.39 is 0 Å². The fourth-order valence-electron chi connectivity index (χ4n) is 2.43. The van der Waals surface area contributed by atoms with Crippen molar-refractivity contribution in [3.8, 4) is 0 Å². The predicted octanol–water partition coefficient (Wildman–Crippen LogP) is 5.27. The molecule has 4 nitrogen and oxygen atoms in total. The molecule has 0 bridgehead atoms. The summed E-state index contributed by atoms with van der Waals surface area (Å²) in [7, 11) is 1.97. The second-order valence-corrected chi connectivity index (χ2v) is 6.75. The van der Waals surface area contributed by atoms with Gasteiger partial charge in [-0.25, -0.2) is 4.98 Å². The van der Waals surface area contributed by atoms with Crippen molar-refractivity contribution in [1.82, 2.24) is 9.55 Å². The van der Waals surface area contributed by atoms with Crippen LogP contribution >= 0.6 is 11.6 Å². The minimum Gasteiger partial charge on any atom is -0.342 e. The van der Waals surface area contributed by atoms with Gasteiger partial charge in [-0.05, 0) is 37.1 Å². The van der Waals surface area contributed by atoms with Gasteiger partial charge >= 0.3 is 0 Å². The topological polar surface area (TPSA) is 46.9 Å². The largest absolute Gasteiger partial charge is 0.342 e. The van der Waals surface area contributed by atoms with Crippen molar-refractivity contribution >= 4 is 39.8 Å². The molecule has 0 saturated heterocycles. The summed E-state index contributed by atoms with van der Waals surface area (Å²) in [5.74, 6) is 0.519. The SMILES string of the molecule is C=C(/C=C\C=C(/C)Cl)c1cc2cc(NC(=O)C(C)CC)ncc2n1C. The number of carbonyl (C=O) groups is 1. The molecule has 0 spiro atoms. The standard InChI is InChI=1S/C20H24ClN3O/c1-6-13(2)20(25)23-19-11-16-10-17(24(5)18(16)12-22-19)14(3)8-7-9-15(4)21/h7-13H,3,6H2,1-2,4-5H3,(H,22,23,25)/b8-7-,15-9+. The fraction of sp³-hybridized carbons (Fsp3) is 0.300. The Bertz CT molecular complexity index is 857. The van der Waals surface area contributed by atoms with E-state index >= 15 is 0 Å². The highest BCUT2D eigenvalue weighted by Gasteiger charge is 2.13. The minimum atomic E-state index is -0.0350. The molecular formula is C20H24ClN3O. The normalized spacial score (nSPS) is 13.4. The first kappa shape index (κ1) is 19.0. The molecule has 0 radical (unpaired) electrons. The summed E-state index contributed by atoms with van der Waals surface area (Å²) in [6.07, 6.45) is 8.17. The van der Waals surface area contributed by atoms with Gasteiger partial charge in [-0.2, -0.15) is 0 Å². The summed E-state index contributed by atoms with van der Waals surface area (Å²) in [5, 5.41) is 4.59. The Labute approximate surface area is 153 Å². The summed E-state index contributed by atoms with van der Waals surface area (Å²) in [5.41, 5.74) is 2.84. The number of anilines is 1. The van der Waals surface area contributed by atoms with E-state index in [9.17, 15) is 4.79 Å². The molecule has 0 fully saturated rings. The Morgan fingerprint density at radius 3 is 2.84 bits per heavy atom. The van der Waals surface area contributed by atoms with Gasteiger partial charge in [0.15, 0.2) is 0 Å². The number of carbonyl (C=O) groups excluding carboxylic acids is 1. The lowest BCUT2D eigenvalue weighted by molar-refractivity contribution is -0.119. The Balaban J connectivity index is 2.29. The van der Waals surface area contributed by atoms with Crippen LogP contribution in [0.1, 0.15) is 32.9 Å². The van der Waals surface area contributed by atoms with E-state index in [4.69, 9.17) is 11.6 Å². The molecule has 2 aromatic rings. The van der Waals surface area contributed by atoms with Crippen LogP contribution < -0.4 is 5.32 Å². The van der Waals surface area contributed by atoms with Gasteiger partial charge in [0.1, 0.15) is 5.82 Å². The Morgan fingerprint density at radius 1 is 1.48 bits per heavy atom. The number of halogens is 1. The summed E-state index contributed by atoms with van der Waals surface area (Å²) >= 11 is 5.83. The molecule has 2 aromatic heterocycles. The van der Waals surface area contributed by atoms with Crippen LogP contribution in [0.25, 0.3) is 16.5 Å². The number of hydrogen-bond donors (Lipinski definition) is 1. The molecule has 1 unspecified atom stereocenters. The van der Waals surface area contributed by atoms with Crippen molar-refractivity contribution in [3.63, 3.8) is 0 Å². The van der Waals surface area contributed by atoms with E-state index in [0.717, 1.165) is 28.6 Å². The lowest BCUT2D eigenvalue weighted by atomic mass is 10.1. The highest BCUT2D eigenvalue weighted by Crippen LogP contribution is 2.25. The number of rotatable bonds is 6. The second kappa shape index (κ2) is 8.17. The van der Waals surface area contributed by atoms with Gasteiger partial charge in [0.2, 0.25) is 5.91 Å². The number of fused-ring (bicyclic) bond motifs is 1. The third-order valence-electron chi connectivity index (χ3n) is 4.19. The summed E-state index contributed by atoms with van der Waals surface area (Å²) in [6.45, 7) is 9.83. The maximum atomic E-state index is 12.0. The Morgan fingerprint density at radius 2 is 2.20 bits per heavy atom. The molecule has 0 saturated carbocycles. The van der Waals surface area contributed by atoms with Crippen LogP contribution in [-0.2, 0) is 11.8 Å². The highest BCUT2D eigenvalue weighted by molar-refractivity contribution is 6.29. The summed E-state index contributed by atoms with van der Waals surface area (Å²) < 4.78 is 2.03. The molecule has 1 N–H and O–H groups in total. The van der Waals surface area contributed by atoms with E-state index in [0.29, 0.717) is 10.9 Å². The van der Waals surface area contributed by atoms with Crippen molar-refractivity contribution in [2.75, 3.05) is 5.32 Å². The molecule has 0 aromatic carbocycles. The highest BCUT2D eigenvalue weighted by atomic mass is 35.5. The zero-order valence-electron chi connectivity index (χ0n) is 15.1. The van der Waals surface area contributed by atoms with Crippen LogP contribution in [0.3, 0.4) is 0 Å². The maximum absolute atomic E-state index is 12.0. The molecule has 1 atom stereocenters. The van der Waals surface area contributed by atoms with Crippen LogP contribution in [0.4, 0.5) is 5.82 Å². The zero-order chi connectivity index (χ0) is 18.6. The predicted molar refractivity (Wildman–Crippen MR) is 107 cm³/mol. The molecule has 1 amide bonds. The minimum absolute atomic E-state index is 0.0129. The molecule has 2 heterocycles. The molecule has 132 valence electrons. The molecular weight excluding hydrogens is 334 g/mol. The van der Waals surface area contributed by atoms with Crippen molar-refractivity contribution in [1.29, 1.82) is 0 Å². The van der Waals surface area contributed by atoms with Gasteiger partial charge in [-0.1, -0.05) is 44.2 Å². The number of hydrogen-bond acceptors (Lipinski definition) is 2. The Hall–Kier alpha value is -2.33. The maximum Gasteiger partial charge on any atom is 0.228 e. The van der Waals surface area contributed by atoms with Crippen LogP contribution in [0.5, 0.6) is 0 Å². The van der Waals surface area contributed by atoms with Gasteiger partial charge in [0, 0.05) is 29.1 Å². The van der Waals surface area contributed by atoms with Crippen LogP contribution in [-0.4, -0.2) is 15.5 Å². The molecule has 0 aliphatic rings. The van der Waals surface area contributed by atoms with E-state index in [1.165, 1.54) is 0 Å². The first-order valence-corrected chi connectivity index (χ1v) is 8.67. The van der Waals surface area contributed by atoms with Crippen molar-refractivity contribution < 1.29 is 4.79 Å². The van der Waals surface area contributed by atoms with Gasteiger partial charge < -0.3 is 9.88 Å². The zero-order valence-corrected chi connectivity index (χ0v) is 15.9. The number of aryl methyl sites for hydroxylation is 1. The van der Waals surface area contributed by atoms with Gasteiger partial charge in [0.05, 0.1) is 11.7 Å². The van der Waals surface area contributed by atoms with Gasteiger partial charge in [-0.3, -0.25) is 4.79 Å². The first-order valence-electron chi connectivity index (χ1n) is 8.29. The third kappa shape index (κ3) is 4.60. The smallest absolute Gasteiger partial charge is 0.228 e. The summed E-state index contributed by atoms with van der Waals surface area (Å²) in [4.78, 5) is 16.4. The first-order chi connectivity index (χ1) is 11.8. The molecule has 25 heavy (non-hydrogen) atoms. The summed E-state index contributed by atoms with van der Waals surface area (Å²) in [6, 6.07) is 3.93. The van der Waals surface area contributed by atoms with E-state index in [1.54, 1.807) is 6.20 Å². The van der Waals surface area contributed by atoms with Crippen LogP contribution in [0, 0.1) is 5.92 Å². The lowest BCUT2D eigenvalue weighted by Crippen LogP contribution is -2.20. The number of allylic oxidation sites excluding steroid dienone is 5. The van der Waals surface area contributed by atoms with Gasteiger partial charge in [0.25, 0.3) is 0 Å². The average Bonchev–Trinajstić information content (AvgIpc) is 2.90. The van der Waals surface area contributed by atoms with E-state index in [2.05, 4.69) is 16.9 Å². The van der Waals surface area contributed by atoms with Gasteiger partial charge in [-0.15, -0.1) is 0 Å². The number of amides is 1. The molecule has 2 rings (SSSR count). The molecule has 0 aliphatic heterocycles. The lowest BCUT2D eigenvalue weighted by Gasteiger charge is -2.09. The number of aromatic nitrogens is 2. The number of pyridine rings is 1. The van der Waals surface area contributed by atoms with E-state index in [1.807, 2.05) is 62.7 Å². The van der Waals surface area contributed by atoms with Crippen molar-refractivity contribution in [2.45, 2.75) is 27.2 Å². The van der Waals surface area contributed by atoms with Crippen LogP contribution in [0.15, 0.2) is 48.2 Å². The van der Waals surface area contributed by atoms with Crippen molar-refractivity contribution in [2.24, 2.45) is 13.0 Å². The second-order valence-electron chi connectivity index (χ2n) is 6.15. The number of nitrogens with zero attached hydrogens (tertiary/aromatic N) is 2. The average molecular weight is 358 g/mol. The monoisotopic (exact) mass is 357 g/mol. The van der Waals surface area contributed by atoms with E-state index in [-0.39, 0.29) is 11.8 Å². The molecule has 5 heteroatoms.